The molecule has 1 amide bonds. The molecule has 0 saturated carbocycles. The van der Waals surface area contributed by atoms with Gasteiger partial charge >= 0.3 is 12.1 Å². The summed E-state index contributed by atoms with van der Waals surface area (Å²) in [5.41, 5.74) is 0. The smallest absolute Gasteiger partial charge is 0.393 e. The number of alkyl halides is 3. The fourth-order valence-corrected chi connectivity index (χ4v) is 4.00. The van der Waals surface area contributed by atoms with Crippen molar-refractivity contribution in [2.45, 2.75) is 39.4 Å². The number of hydrogen-bond donors (Lipinski definition) is 1. The van der Waals surface area contributed by atoms with E-state index in [1.165, 1.54) is 4.90 Å². The molecule has 0 bridgehead atoms. The lowest BCUT2D eigenvalue weighted by Crippen LogP contribution is -2.51. The van der Waals surface area contributed by atoms with Gasteiger partial charge in [-0.15, -0.1) is 12.4 Å². The largest absolute Gasteiger partial charge is 0.481 e. The Balaban J connectivity index is 0.00000312. The van der Waals surface area contributed by atoms with Gasteiger partial charge < -0.3 is 10.0 Å². The van der Waals surface area contributed by atoms with E-state index in [1.807, 2.05) is 0 Å². The Bertz CT molecular complexity index is 494. The quantitative estimate of drug-likeness (QED) is 0.809. The summed E-state index contributed by atoms with van der Waals surface area (Å²) in [6.45, 7) is 6.20. The van der Waals surface area contributed by atoms with Crippen molar-refractivity contribution in [3.8, 4) is 0 Å². The topological polar surface area (TPSA) is 60.9 Å². The second-order valence-electron chi connectivity index (χ2n) is 7.41. The molecule has 2 fully saturated rings. The number of hydrogen-bond acceptors (Lipinski definition) is 3. The molecule has 2 saturated heterocycles. The number of piperidine rings is 1. The van der Waals surface area contributed by atoms with Crippen LogP contribution in [0.5, 0.6) is 0 Å². The molecule has 2 aliphatic heterocycles. The van der Waals surface area contributed by atoms with E-state index >= 15 is 0 Å². The fourth-order valence-electron chi connectivity index (χ4n) is 4.00. The SMILES string of the molecule is CC1CC(C)CN(C(=O)C(C)N2C[C@@H](C(F)(F)F)[C@H](C(=O)O)C2)C1.Cl. The highest BCUT2D eigenvalue weighted by molar-refractivity contribution is 5.85. The average Bonchev–Trinajstić information content (AvgIpc) is 2.90. The van der Waals surface area contributed by atoms with Crippen molar-refractivity contribution in [1.82, 2.24) is 9.80 Å². The first-order chi connectivity index (χ1) is 11.0. The van der Waals surface area contributed by atoms with Crippen LogP contribution in [0.2, 0.25) is 0 Å². The zero-order chi connectivity index (χ0) is 18.2. The number of nitrogens with zero attached hydrogens (tertiary/aromatic N) is 2. The van der Waals surface area contributed by atoms with Gasteiger partial charge in [0.2, 0.25) is 5.91 Å². The lowest BCUT2D eigenvalue weighted by molar-refractivity contribution is -0.188. The summed E-state index contributed by atoms with van der Waals surface area (Å²) in [6.07, 6.45) is -3.55. The van der Waals surface area contributed by atoms with Crippen molar-refractivity contribution in [2.75, 3.05) is 26.2 Å². The second-order valence-corrected chi connectivity index (χ2v) is 7.41. The second kappa shape index (κ2) is 8.12. The fraction of sp³-hybridized carbons (Fsp3) is 0.875. The molecule has 9 heteroatoms. The van der Waals surface area contributed by atoms with Crippen LogP contribution in [0, 0.1) is 23.7 Å². The molecular weight excluding hydrogens is 361 g/mol. The van der Waals surface area contributed by atoms with Gasteiger partial charge in [0.15, 0.2) is 0 Å². The number of rotatable bonds is 3. The van der Waals surface area contributed by atoms with Gasteiger partial charge in [-0.1, -0.05) is 13.8 Å². The van der Waals surface area contributed by atoms with E-state index in [1.54, 1.807) is 11.8 Å². The minimum absolute atomic E-state index is 0. The third-order valence-corrected chi connectivity index (χ3v) is 5.17. The number of likely N-dealkylation sites (tertiary alicyclic amines) is 2. The summed E-state index contributed by atoms with van der Waals surface area (Å²) in [5, 5.41) is 9.08. The minimum atomic E-state index is -4.57. The zero-order valence-electron chi connectivity index (χ0n) is 14.6. The van der Waals surface area contributed by atoms with E-state index in [4.69, 9.17) is 5.11 Å². The number of aliphatic carboxylic acids is 1. The molecule has 2 heterocycles. The summed E-state index contributed by atoms with van der Waals surface area (Å²) in [4.78, 5) is 26.9. The van der Waals surface area contributed by atoms with E-state index in [-0.39, 0.29) is 24.9 Å². The summed E-state index contributed by atoms with van der Waals surface area (Å²) >= 11 is 0. The molecule has 0 spiro atoms. The van der Waals surface area contributed by atoms with E-state index in [0.29, 0.717) is 24.9 Å². The molecule has 0 aromatic carbocycles. The van der Waals surface area contributed by atoms with Crippen molar-refractivity contribution >= 4 is 24.3 Å². The number of carbonyl (C=O) groups excluding carboxylic acids is 1. The number of amides is 1. The molecule has 1 N–H and O–H groups in total. The predicted molar refractivity (Wildman–Crippen MR) is 88.5 cm³/mol. The highest BCUT2D eigenvalue weighted by Gasteiger charge is 2.53. The summed E-state index contributed by atoms with van der Waals surface area (Å²) < 4.78 is 39.2. The molecule has 3 unspecified atom stereocenters. The van der Waals surface area contributed by atoms with Gasteiger partial charge in [0, 0.05) is 26.2 Å². The molecule has 146 valence electrons. The molecule has 0 radical (unpaired) electrons. The lowest BCUT2D eigenvalue weighted by Gasteiger charge is -2.38. The van der Waals surface area contributed by atoms with Crippen LogP contribution in [0.25, 0.3) is 0 Å². The molecule has 5 atom stereocenters. The van der Waals surface area contributed by atoms with Crippen LogP contribution >= 0.6 is 12.4 Å². The number of carboxylic acids is 1. The third-order valence-electron chi connectivity index (χ3n) is 5.17. The van der Waals surface area contributed by atoms with E-state index in [2.05, 4.69) is 13.8 Å². The first-order valence-electron chi connectivity index (χ1n) is 8.33. The lowest BCUT2D eigenvalue weighted by atomic mass is 9.91. The van der Waals surface area contributed by atoms with Crippen molar-refractivity contribution in [3.05, 3.63) is 0 Å². The molecule has 0 aromatic heterocycles. The third kappa shape index (κ3) is 5.00. The van der Waals surface area contributed by atoms with Gasteiger partial charge in [0.25, 0.3) is 0 Å². The Morgan fingerprint density at radius 1 is 1.08 bits per heavy atom. The Kier molecular flexibility index (Phi) is 7.15. The van der Waals surface area contributed by atoms with Gasteiger partial charge in [-0.2, -0.15) is 13.2 Å². The van der Waals surface area contributed by atoms with Crippen LogP contribution < -0.4 is 0 Å². The van der Waals surface area contributed by atoms with Gasteiger partial charge in [0.1, 0.15) is 0 Å². The standard InChI is InChI=1S/C16H25F3N2O3.ClH/c1-9-4-10(2)6-21(5-9)14(22)11(3)20-7-12(15(23)24)13(8-20)16(17,18)19;/h9-13H,4-8H2,1-3H3,(H,23,24);1H/t9?,10?,11?,12-,13-;/m1./s1. The van der Waals surface area contributed by atoms with Crippen LogP contribution in [0.1, 0.15) is 27.2 Å². The first kappa shape index (κ1) is 22.0. The Morgan fingerprint density at radius 2 is 1.60 bits per heavy atom. The highest BCUT2D eigenvalue weighted by atomic mass is 35.5. The van der Waals surface area contributed by atoms with Gasteiger partial charge in [-0.05, 0) is 25.2 Å². The summed E-state index contributed by atoms with van der Waals surface area (Å²) in [6, 6.07) is -0.739. The number of carbonyl (C=O) groups is 2. The van der Waals surface area contributed by atoms with Crippen LogP contribution in [0.4, 0.5) is 13.2 Å². The average molecular weight is 387 g/mol. The van der Waals surface area contributed by atoms with Crippen molar-refractivity contribution in [2.24, 2.45) is 23.7 Å². The monoisotopic (exact) mass is 386 g/mol. The molecule has 5 nitrogen and oxygen atoms in total. The maximum Gasteiger partial charge on any atom is 0.393 e. The number of halogens is 4. The summed E-state index contributed by atoms with van der Waals surface area (Å²) in [5.74, 6) is -4.39. The Labute approximate surface area is 151 Å². The van der Waals surface area contributed by atoms with Crippen LogP contribution in [-0.4, -0.2) is 65.2 Å². The maximum absolute atomic E-state index is 13.1. The highest BCUT2D eigenvalue weighted by Crippen LogP contribution is 2.38. The summed E-state index contributed by atoms with van der Waals surface area (Å²) in [7, 11) is 0. The van der Waals surface area contributed by atoms with Crippen molar-refractivity contribution in [3.63, 3.8) is 0 Å². The van der Waals surface area contributed by atoms with Gasteiger partial charge in [0.05, 0.1) is 17.9 Å². The van der Waals surface area contributed by atoms with Crippen molar-refractivity contribution < 1.29 is 27.9 Å². The van der Waals surface area contributed by atoms with E-state index in [0.717, 1.165) is 6.42 Å². The van der Waals surface area contributed by atoms with Crippen LogP contribution in [-0.2, 0) is 9.59 Å². The Morgan fingerprint density at radius 3 is 2.00 bits per heavy atom. The molecule has 0 aromatic rings. The van der Waals surface area contributed by atoms with Gasteiger partial charge in [-0.25, -0.2) is 0 Å². The molecule has 2 rings (SSSR count). The molecule has 0 aliphatic carbocycles. The molecular formula is C16H26ClF3N2O3. The van der Waals surface area contributed by atoms with E-state index < -0.39 is 36.6 Å². The number of carboxylic acid groups (broad SMARTS) is 1. The van der Waals surface area contributed by atoms with Crippen LogP contribution in [0.15, 0.2) is 0 Å². The normalized spacial score (nSPS) is 32.2. The van der Waals surface area contributed by atoms with Gasteiger partial charge in [-0.3, -0.25) is 14.5 Å². The van der Waals surface area contributed by atoms with Crippen LogP contribution in [0.3, 0.4) is 0 Å². The van der Waals surface area contributed by atoms with E-state index in [9.17, 15) is 22.8 Å². The first-order valence-corrected chi connectivity index (χ1v) is 8.33. The predicted octanol–water partition coefficient (Wildman–Crippen LogP) is 2.50. The molecule has 25 heavy (non-hydrogen) atoms. The maximum atomic E-state index is 13.1. The zero-order valence-corrected chi connectivity index (χ0v) is 15.4. The van der Waals surface area contributed by atoms with Crippen molar-refractivity contribution in [1.29, 1.82) is 0 Å². The minimum Gasteiger partial charge on any atom is -0.481 e. The Hall–Kier alpha value is -1.02. The molecule has 2 aliphatic rings.